The van der Waals surface area contributed by atoms with Crippen LogP contribution in [0.5, 0.6) is 17.2 Å². The summed E-state index contributed by atoms with van der Waals surface area (Å²) in [5.41, 5.74) is -2.51. The second kappa shape index (κ2) is 10.5. The maximum absolute atomic E-state index is 10.7. The van der Waals surface area contributed by atoms with Crippen molar-refractivity contribution in [1.29, 1.82) is 0 Å². The van der Waals surface area contributed by atoms with Gasteiger partial charge in [0, 0.05) is 35.7 Å². The van der Waals surface area contributed by atoms with Crippen LogP contribution in [0.1, 0.15) is 11.3 Å². The fourth-order valence-electron chi connectivity index (χ4n) is 2.89. The first kappa shape index (κ1) is 25.9. The van der Waals surface area contributed by atoms with Crippen molar-refractivity contribution in [1.82, 2.24) is 0 Å². The summed E-state index contributed by atoms with van der Waals surface area (Å²) in [5, 5.41) is 1.21. The first-order chi connectivity index (χ1) is 15.4. The lowest BCUT2D eigenvalue weighted by Crippen LogP contribution is -2.32. The van der Waals surface area contributed by atoms with Gasteiger partial charge in [-0.15, -0.1) is 0 Å². The van der Waals surface area contributed by atoms with Gasteiger partial charge in [-0.2, -0.15) is 17.7 Å². The lowest BCUT2D eigenvalue weighted by molar-refractivity contribution is -0.646. The predicted octanol–water partition coefficient (Wildman–Crippen LogP) is 3.91. The monoisotopic (exact) mass is 484 g/mol. The fourth-order valence-corrected chi connectivity index (χ4v) is 2.89. The third-order valence-corrected chi connectivity index (χ3v) is 5.14. The first-order valence-corrected chi connectivity index (χ1v) is 10.7. The Hall–Kier alpha value is -3.31. The summed E-state index contributed by atoms with van der Waals surface area (Å²) in [5.74, 6) is 2.11. The molecule has 0 radical (unpaired) electrons. The van der Waals surface area contributed by atoms with Gasteiger partial charge in [0.25, 0.3) is 0 Å². The van der Waals surface area contributed by atoms with Crippen LogP contribution in [0.25, 0.3) is 23.1 Å². The number of hydrogen-bond acceptors (Lipinski definition) is 6. The molecule has 0 aliphatic carbocycles. The summed E-state index contributed by atoms with van der Waals surface area (Å²) in [7, 11) is 0.874. The summed E-state index contributed by atoms with van der Waals surface area (Å²) in [4.78, 5) is 0. The highest BCUT2D eigenvalue weighted by Gasteiger charge is 2.36. The van der Waals surface area contributed by atoms with Gasteiger partial charge in [-0.25, -0.2) is 8.42 Å². The number of nitrogens with zero attached hydrogens (tertiary/aromatic N) is 1. The van der Waals surface area contributed by atoms with Gasteiger partial charge >= 0.3 is 5.51 Å². The summed E-state index contributed by atoms with van der Waals surface area (Å²) >= 11 is 0. The van der Waals surface area contributed by atoms with E-state index in [0.717, 1.165) is 11.3 Å². The van der Waals surface area contributed by atoms with Gasteiger partial charge in [0.05, 0.1) is 26.9 Å². The van der Waals surface area contributed by atoms with Crippen LogP contribution < -0.4 is 18.8 Å². The Bertz CT molecular complexity index is 1230. The molecule has 0 aliphatic heterocycles. The van der Waals surface area contributed by atoms with Crippen LogP contribution in [0, 0.1) is 0 Å². The standard InChI is InChI=1S/C21H22NO3.CHF3O3S/c1-22-16(10-9-15-7-5-6-8-19(15)22)11-12-18-20(24-3)13-17(23-2)14-21(18)25-4;2-1(3,4)8(5,6)7/h5-14H,1-4H3;(H,5,6,7)/q+1;/p-1/b12-11+;/i1-1;. The topological polar surface area (TPSA) is 88.8 Å². The lowest BCUT2D eigenvalue weighted by Gasteiger charge is -2.12. The molecule has 0 saturated heterocycles. The molecule has 0 saturated carbocycles. The third-order valence-electron chi connectivity index (χ3n) is 4.58. The van der Waals surface area contributed by atoms with Crippen LogP contribution in [0.15, 0.2) is 48.5 Å². The number of fused-ring (bicyclic) bond motifs is 1. The number of ether oxygens (including phenoxy) is 3. The van der Waals surface area contributed by atoms with Crippen LogP contribution in [-0.2, 0) is 17.2 Å². The van der Waals surface area contributed by atoms with Crippen LogP contribution in [0.2, 0.25) is 0 Å². The number of benzene rings is 2. The summed E-state index contributed by atoms with van der Waals surface area (Å²) < 4.78 is 77.4. The van der Waals surface area contributed by atoms with Gasteiger partial charge in [-0.3, -0.25) is 0 Å². The second-order valence-corrected chi connectivity index (χ2v) is 7.93. The summed E-state index contributed by atoms with van der Waals surface area (Å²) in [6, 6.07) is 16.2. The van der Waals surface area contributed by atoms with Crippen molar-refractivity contribution in [3.8, 4) is 17.2 Å². The van der Waals surface area contributed by atoms with Gasteiger partial charge in [0.2, 0.25) is 11.2 Å². The number of methoxy groups -OCH3 is 3. The Morgan fingerprint density at radius 1 is 0.909 bits per heavy atom. The lowest BCUT2D eigenvalue weighted by atomic mass is 10.1. The van der Waals surface area contributed by atoms with Crippen molar-refractivity contribution in [2.75, 3.05) is 21.3 Å². The predicted molar refractivity (Wildman–Crippen MR) is 116 cm³/mol. The molecule has 0 N–H and O–H groups in total. The van der Waals surface area contributed by atoms with Gasteiger partial charge in [-0.05, 0) is 18.2 Å². The van der Waals surface area contributed by atoms with E-state index in [-0.39, 0.29) is 0 Å². The Labute approximate surface area is 189 Å². The molecule has 33 heavy (non-hydrogen) atoms. The second-order valence-electron chi connectivity index (χ2n) is 6.55. The maximum atomic E-state index is 10.7. The molecule has 3 rings (SSSR count). The molecule has 0 fully saturated rings. The van der Waals surface area contributed by atoms with Crippen molar-refractivity contribution in [2.24, 2.45) is 7.05 Å². The van der Waals surface area contributed by atoms with Crippen LogP contribution in [-0.4, -0.2) is 39.8 Å². The Morgan fingerprint density at radius 2 is 1.45 bits per heavy atom. The zero-order chi connectivity index (χ0) is 24.8. The van der Waals surface area contributed by atoms with Crippen molar-refractivity contribution in [2.45, 2.75) is 5.51 Å². The Morgan fingerprint density at radius 3 is 1.94 bits per heavy atom. The zero-order valence-electron chi connectivity index (χ0n) is 18.2. The van der Waals surface area contributed by atoms with Crippen LogP contribution in [0.3, 0.4) is 0 Å². The number of pyridine rings is 1. The van der Waals surface area contributed by atoms with Gasteiger partial charge in [0.1, 0.15) is 24.3 Å². The molecule has 0 bridgehead atoms. The highest BCUT2D eigenvalue weighted by atomic mass is 32.2. The van der Waals surface area contributed by atoms with Crippen LogP contribution >= 0.6 is 0 Å². The highest BCUT2D eigenvalue weighted by Crippen LogP contribution is 2.35. The molecule has 0 amide bonds. The number of aromatic nitrogens is 1. The fraction of sp³-hybridized carbons (Fsp3) is 0.227. The van der Waals surface area contributed by atoms with E-state index >= 15 is 0 Å². The molecule has 178 valence electrons. The van der Waals surface area contributed by atoms with Crippen LogP contribution in [0.4, 0.5) is 13.2 Å². The number of halogens is 3. The number of para-hydroxylation sites is 1. The van der Waals surface area contributed by atoms with Gasteiger partial charge in [-0.1, -0.05) is 12.1 Å². The molecule has 0 unspecified atom stereocenters. The molecule has 11 heteroatoms. The molecule has 2 aromatic carbocycles. The minimum absolute atomic E-state index is 0.696. The van der Waals surface area contributed by atoms with Crippen molar-refractivity contribution in [3.05, 3.63) is 59.8 Å². The van der Waals surface area contributed by atoms with Crippen molar-refractivity contribution in [3.63, 3.8) is 0 Å². The Balaban J connectivity index is 0.000000414. The van der Waals surface area contributed by atoms with Gasteiger partial charge < -0.3 is 18.8 Å². The van der Waals surface area contributed by atoms with E-state index < -0.39 is 15.6 Å². The smallest absolute Gasteiger partial charge is 0.485 e. The molecular formula is C22H22F3NO6S. The minimum Gasteiger partial charge on any atom is -0.741 e. The number of rotatable bonds is 5. The van der Waals surface area contributed by atoms with Crippen molar-refractivity contribution >= 4 is 33.2 Å². The van der Waals surface area contributed by atoms with E-state index in [2.05, 4.69) is 42.0 Å². The quantitative estimate of drug-likeness (QED) is 0.310. The summed E-state index contributed by atoms with van der Waals surface area (Å²) in [6.07, 6.45) is 4.06. The zero-order valence-corrected chi connectivity index (χ0v) is 19.0. The normalized spacial score (nSPS) is 11.8. The van der Waals surface area contributed by atoms with E-state index in [4.69, 9.17) is 27.2 Å². The largest absolute Gasteiger partial charge is 0.741 e. The first-order valence-electron chi connectivity index (χ1n) is 9.31. The number of hydrogen-bond donors (Lipinski definition) is 0. The van der Waals surface area contributed by atoms with E-state index in [1.807, 2.05) is 30.3 Å². The molecule has 0 spiro atoms. The van der Waals surface area contributed by atoms with E-state index in [0.29, 0.717) is 17.2 Å². The minimum atomic E-state index is -6.09. The number of alkyl halides is 3. The molecule has 7 nitrogen and oxygen atoms in total. The molecule has 0 atom stereocenters. The molecule has 1 heterocycles. The molecule has 3 aromatic rings. The SMILES string of the molecule is COc1cc(OC)c(/C=C/c2ccc3ccccc3[n+]2[11CH3])c(OC)c1.O=S(=O)([O-])C(F)(F)F. The Kier molecular flexibility index (Phi) is 8.29. The van der Waals surface area contributed by atoms with Gasteiger partial charge in [0.15, 0.2) is 10.1 Å². The molecular weight excluding hydrogens is 462 g/mol. The highest BCUT2D eigenvalue weighted by molar-refractivity contribution is 7.86. The molecule has 1 aromatic heterocycles. The average Bonchev–Trinajstić information content (AvgIpc) is 2.77. The maximum Gasteiger partial charge on any atom is 0.485 e. The number of aryl methyl sites for hydroxylation is 1. The van der Waals surface area contributed by atoms with Crippen molar-refractivity contribution < 1.29 is 44.9 Å². The molecule has 0 aliphatic rings. The third kappa shape index (κ3) is 6.36. The van der Waals surface area contributed by atoms with E-state index in [1.54, 1.807) is 21.3 Å². The summed E-state index contributed by atoms with van der Waals surface area (Å²) in [6.45, 7) is 0. The van der Waals surface area contributed by atoms with E-state index in [9.17, 15) is 13.2 Å². The van der Waals surface area contributed by atoms with E-state index in [1.165, 1.54) is 10.9 Å². The average molecular weight is 484 g/mol.